The van der Waals surface area contributed by atoms with Crippen molar-refractivity contribution in [2.45, 2.75) is 43.1 Å². The van der Waals surface area contributed by atoms with Crippen LogP contribution in [0.2, 0.25) is 0 Å². The molecule has 1 aliphatic rings. The maximum Gasteiger partial charge on any atom is 0.153 e. The molecule has 1 aromatic carbocycles. The quantitative estimate of drug-likeness (QED) is 0.786. The van der Waals surface area contributed by atoms with Crippen molar-refractivity contribution >= 4 is 11.2 Å². The van der Waals surface area contributed by atoms with Gasteiger partial charge in [-0.05, 0) is 54.7 Å². The summed E-state index contributed by atoms with van der Waals surface area (Å²) in [5, 5.41) is 9.93. The first-order valence-corrected chi connectivity index (χ1v) is 8.39. The van der Waals surface area contributed by atoms with Gasteiger partial charge in [0.15, 0.2) is 4.90 Å². The van der Waals surface area contributed by atoms with Crippen molar-refractivity contribution < 1.29 is 9.66 Å². The number of rotatable bonds is 6. The van der Waals surface area contributed by atoms with E-state index in [9.17, 15) is 9.66 Å². The Labute approximate surface area is 118 Å². The van der Waals surface area contributed by atoms with E-state index in [0.29, 0.717) is 18.9 Å². The van der Waals surface area contributed by atoms with Crippen LogP contribution in [0.4, 0.5) is 0 Å². The monoisotopic (exact) mass is 281 g/mol. The molecule has 0 bridgehead atoms. The summed E-state index contributed by atoms with van der Waals surface area (Å²) in [6.45, 7) is 0.455. The molecule has 106 valence electrons. The molecule has 0 radical (unpaired) electrons. The van der Waals surface area contributed by atoms with Gasteiger partial charge in [-0.15, -0.1) is 0 Å². The minimum atomic E-state index is -0.946. The highest BCUT2D eigenvalue weighted by Gasteiger charge is 2.23. The molecule has 2 rings (SSSR count). The predicted octanol–water partition coefficient (Wildman–Crippen LogP) is 2.37. The smallest absolute Gasteiger partial charge is 0.153 e. The molecule has 1 aliphatic carbocycles. The fraction of sp³-hybridized carbons (Fsp3) is 0.600. The van der Waals surface area contributed by atoms with Gasteiger partial charge >= 0.3 is 0 Å². The molecular weight excluding hydrogens is 258 g/mol. The number of hydrogen-bond acceptors (Lipinski definition) is 3. The summed E-state index contributed by atoms with van der Waals surface area (Å²) in [4.78, 5) is 0.834. The van der Waals surface area contributed by atoms with Gasteiger partial charge in [0.2, 0.25) is 0 Å². The summed E-state index contributed by atoms with van der Waals surface area (Å²) in [5.41, 5.74) is 6.28. The molecule has 19 heavy (non-hydrogen) atoms. The van der Waals surface area contributed by atoms with Gasteiger partial charge in [-0.1, -0.05) is 25.0 Å². The van der Waals surface area contributed by atoms with E-state index in [0.717, 1.165) is 16.2 Å². The maximum atomic E-state index is 12.3. The van der Waals surface area contributed by atoms with Crippen LogP contribution in [0.3, 0.4) is 0 Å². The van der Waals surface area contributed by atoms with Gasteiger partial charge in [-0.25, -0.2) is 0 Å². The fourth-order valence-electron chi connectivity index (χ4n) is 2.68. The summed E-state index contributed by atoms with van der Waals surface area (Å²) in [6.07, 6.45) is 4.96. The van der Waals surface area contributed by atoms with Crippen LogP contribution in [0.25, 0.3) is 0 Å². The van der Waals surface area contributed by atoms with Gasteiger partial charge in [-0.3, -0.25) is 0 Å². The van der Waals surface area contributed by atoms with Gasteiger partial charge in [0.25, 0.3) is 0 Å². The van der Waals surface area contributed by atoms with Gasteiger partial charge in [0, 0.05) is 5.92 Å². The van der Waals surface area contributed by atoms with Crippen molar-refractivity contribution in [2.24, 2.45) is 11.7 Å². The molecule has 0 aromatic heterocycles. The third-order valence-electron chi connectivity index (χ3n) is 3.81. The zero-order chi connectivity index (χ0) is 13.7. The van der Waals surface area contributed by atoms with Crippen LogP contribution in [0, 0.1) is 5.92 Å². The average Bonchev–Trinajstić information content (AvgIpc) is 2.92. The van der Waals surface area contributed by atoms with E-state index in [2.05, 4.69) is 0 Å². The number of hydrogen-bond donors (Lipinski definition) is 2. The molecule has 1 saturated carbocycles. The van der Waals surface area contributed by atoms with E-state index in [1.54, 1.807) is 0 Å². The molecular formula is C15H23NO2S. The molecule has 0 heterocycles. The largest absolute Gasteiger partial charge is 0.611 e. The van der Waals surface area contributed by atoms with Crippen LogP contribution in [0.1, 0.15) is 43.8 Å². The van der Waals surface area contributed by atoms with Crippen molar-refractivity contribution in [3.8, 4) is 0 Å². The summed E-state index contributed by atoms with van der Waals surface area (Å²) >= 11 is -0.946. The van der Waals surface area contributed by atoms with E-state index >= 15 is 0 Å². The van der Waals surface area contributed by atoms with E-state index < -0.39 is 17.3 Å². The zero-order valence-corrected chi connectivity index (χ0v) is 12.1. The van der Waals surface area contributed by atoms with Crippen molar-refractivity contribution in [2.75, 3.05) is 12.3 Å². The molecule has 1 aromatic rings. The van der Waals surface area contributed by atoms with E-state index in [-0.39, 0.29) is 0 Å². The second kappa shape index (κ2) is 7.29. The van der Waals surface area contributed by atoms with Crippen molar-refractivity contribution in [3.63, 3.8) is 0 Å². The summed E-state index contributed by atoms with van der Waals surface area (Å²) in [7, 11) is 0. The van der Waals surface area contributed by atoms with E-state index in [4.69, 9.17) is 5.73 Å². The van der Waals surface area contributed by atoms with Crippen molar-refractivity contribution in [1.29, 1.82) is 0 Å². The SMILES string of the molecule is NCCC(O)c1cccc([S+]([O-])CC2CCCC2)c1. The average molecular weight is 281 g/mol. The Morgan fingerprint density at radius 3 is 2.79 bits per heavy atom. The highest BCUT2D eigenvalue weighted by molar-refractivity contribution is 7.91. The number of aliphatic hydroxyl groups is 1. The van der Waals surface area contributed by atoms with Gasteiger partial charge in [0.05, 0.1) is 6.10 Å². The highest BCUT2D eigenvalue weighted by Crippen LogP contribution is 2.29. The Kier molecular flexibility index (Phi) is 5.70. The minimum Gasteiger partial charge on any atom is -0.611 e. The topological polar surface area (TPSA) is 69.3 Å². The lowest BCUT2D eigenvalue weighted by molar-refractivity contribution is 0.170. The summed E-state index contributed by atoms with van der Waals surface area (Å²) < 4.78 is 12.3. The molecule has 4 heteroatoms. The second-order valence-corrected chi connectivity index (χ2v) is 6.82. The number of nitrogens with two attached hydrogens (primary N) is 1. The van der Waals surface area contributed by atoms with Crippen molar-refractivity contribution in [1.82, 2.24) is 0 Å². The van der Waals surface area contributed by atoms with E-state index in [1.165, 1.54) is 25.7 Å². The van der Waals surface area contributed by atoms with Crippen LogP contribution in [0.15, 0.2) is 29.2 Å². The molecule has 0 aliphatic heterocycles. The van der Waals surface area contributed by atoms with Crippen LogP contribution in [0.5, 0.6) is 0 Å². The molecule has 1 fully saturated rings. The van der Waals surface area contributed by atoms with E-state index in [1.807, 2.05) is 24.3 Å². The molecule has 0 saturated heterocycles. The standard InChI is InChI=1S/C15H23NO2S/c16-9-8-15(17)13-6-3-7-14(10-13)19(18)11-12-4-1-2-5-12/h3,6-7,10,12,15,17H,1-2,4-5,8-9,11,16H2. The Bertz CT molecular complexity index is 393. The third-order valence-corrected chi connectivity index (χ3v) is 5.36. The van der Waals surface area contributed by atoms with Crippen molar-refractivity contribution in [3.05, 3.63) is 29.8 Å². The molecule has 3 nitrogen and oxygen atoms in total. The Hall–Kier alpha value is -0.550. The third kappa shape index (κ3) is 4.21. The molecule has 2 atom stereocenters. The van der Waals surface area contributed by atoms with Crippen LogP contribution in [-0.4, -0.2) is 22.0 Å². The summed E-state index contributed by atoms with van der Waals surface area (Å²) in [6, 6.07) is 7.50. The highest BCUT2D eigenvalue weighted by atomic mass is 32.2. The van der Waals surface area contributed by atoms with Gasteiger partial charge in [-0.2, -0.15) is 0 Å². The first kappa shape index (κ1) is 14.9. The lowest BCUT2D eigenvalue weighted by Gasteiger charge is -2.16. The molecule has 3 N–H and O–H groups in total. The fourth-order valence-corrected chi connectivity index (χ4v) is 4.13. The Balaban J connectivity index is 2.00. The molecule has 0 spiro atoms. The Morgan fingerprint density at radius 1 is 1.37 bits per heavy atom. The Morgan fingerprint density at radius 2 is 2.11 bits per heavy atom. The number of benzene rings is 1. The lowest BCUT2D eigenvalue weighted by Crippen LogP contribution is -2.15. The van der Waals surface area contributed by atoms with Gasteiger partial charge in [0.1, 0.15) is 5.75 Å². The molecule has 0 amide bonds. The summed E-state index contributed by atoms with van der Waals surface area (Å²) in [5.74, 6) is 1.37. The predicted molar refractivity (Wildman–Crippen MR) is 78.3 cm³/mol. The normalized spacial score (nSPS) is 19.5. The second-order valence-electron chi connectivity index (χ2n) is 5.33. The van der Waals surface area contributed by atoms with Crippen LogP contribution < -0.4 is 5.73 Å². The van der Waals surface area contributed by atoms with Gasteiger partial charge < -0.3 is 15.4 Å². The maximum absolute atomic E-state index is 12.3. The number of aliphatic hydroxyl groups excluding tert-OH is 1. The minimum absolute atomic E-state index is 0.455. The van der Waals surface area contributed by atoms with Crippen LogP contribution in [-0.2, 0) is 11.2 Å². The molecule has 2 unspecified atom stereocenters. The van der Waals surface area contributed by atoms with Crippen LogP contribution >= 0.6 is 0 Å². The lowest BCUT2D eigenvalue weighted by atomic mass is 10.1. The first-order valence-electron chi connectivity index (χ1n) is 7.07. The first-order chi connectivity index (χ1) is 9.20. The zero-order valence-electron chi connectivity index (χ0n) is 11.3.